The number of carbonyl (C=O) groups excluding carboxylic acids is 1. The summed E-state index contributed by atoms with van der Waals surface area (Å²) in [5, 5.41) is 9.16. The molecule has 0 bridgehead atoms. The van der Waals surface area contributed by atoms with Gasteiger partial charge in [0.2, 0.25) is 4.79 Å². The van der Waals surface area contributed by atoms with Crippen LogP contribution in [0.5, 0.6) is 0 Å². The number of ketones is 1. The van der Waals surface area contributed by atoms with E-state index in [9.17, 15) is 4.79 Å². The lowest BCUT2D eigenvalue weighted by molar-refractivity contribution is -0.112. The van der Waals surface area contributed by atoms with E-state index < -0.39 is 0 Å². The van der Waals surface area contributed by atoms with Crippen molar-refractivity contribution in [2.24, 2.45) is 0 Å². The minimum atomic E-state index is -0.0806. The fourth-order valence-corrected chi connectivity index (χ4v) is 1.04. The van der Waals surface area contributed by atoms with Crippen LogP contribution in [0.1, 0.15) is 46.0 Å². The maximum Gasteiger partial charge on any atom is 0.467 e. The third kappa shape index (κ3) is 7.32. The Kier molecular flexibility index (Phi) is 6.44. The van der Waals surface area contributed by atoms with Gasteiger partial charge in [0.1, 0.15) is 5.76 Å². The van der Waals surface area contributed by atoms with Crippen LogP contribution in [0.4, 0.5) is 0 Å². The van der Waals surface area contributed by atoms with Crippen molar-refractivity contribution >= 4 is 5.78 Å². The zero-order chi connectivity index (χ0) is 9.40. The Balaban J connectivity index is 3.43. The lowest BCUT2D eigenvalue weighted by Gasteiger charge is -1.97. The first-order valence-corrected chi connectivity index (χ1v) is 4.57. The Morgan fingerprint density at radius 2 is 2.00 bits per heavy atom. The smallest absolute Gasteiger partial charge is 0.467 e. The van der Waals surface area contributed by atoms with Gasteiger partial charge in [-0.3, -0.25) is 0 Å². The number of carbonyl (C=O) groups is 1. The number of rotatable bonds is 6. The molecule has 0 heterocycles. The summed E-state index contributed by atoms with van der Waals surface area (Å²) in [6.07, 6.45) is 6.44. The van der Waals surface area contributed by atoms with E-state index in [1.54, 1.807) is 0 Å². The molecule has 2 nitrogen and oxygen atoms in total. The van der Waals surface area contributed by atoms with Crippen LogP contribution in [0.15, 0.2) is 11.8 Å². The van der Waals surface area contributed by atoms with E-state index in [1.165, 1.54) is 25.8 Å². The second kappa shape index (κ2) is 6.89. The lowest BCUT2D eigenvalue weighted by atomic mass is 10.1. The highest BCUT2D eigenvalue weighted by Crippen LogP contribution is 2.07. The number of hydrogen-bond acceptors (Lipinski definition) is 2. The maximum absolute atomic E-state index is 10.5. The highest BCUT2D eigenvalue weighted by atomic mass is 16.3. The molecule has 0 aromatic rings. The van der Waals surface area contributed by atoms with Crippen LogP contribution < -0.4 is 0 Å². The third-order valence-electron chi connectivity index (χ3n) is 1.66. The Morgan fingerprint density at radius 1 is 1.33 bits per heavy atom. The van der Waals surface area contributed by atoms with Gasteiger partial charge in [-0.05, 0) is 6.42 Å². The second-order valence-electron chi connectivity index (χ2n) is 3.06. The summed E-state index contributed by atoms with van der Waals surface area (Å²) < 4.78 is 0. The average molecular weight is 170 g/mol. The van der Waals surface area contributed by atoms with Gasteiger partial charge >= 0.3 is 5.78 Å². The first-order chi connectivity index (χ1) is 5.66. The Labute approximate surface area is 74.3 Å². The van der Waals surface area contributed by atoms with Crippen LogP contribution in [-0.2, 0) is 4.79 Å². The highest BCUT2D eigenvalue weighted by molar-refractivity contribution is 5.87. The predicted octanol–water partition coefficient (Wildman–Crippen LogP) is 2.99. The molecule has 0 spiro atoms. The molecular formula is C10H18O2+. The molecule has 0 fully saturated rings. The highest BCUT2D eigenvalue weighted by Gasteiger charge is 2.04. The van der Waals surface area contributed by atoms with Gasteiger partial charge < -0.3 is 5.11 Å². The molecule has 0 aliphatic carbocycles. The summed E-state index contributed by atoms with van der Waals surface area (Å²) in [5.74, 6) is 0.140. The summed E-state index contributed by atoms with van der Waals surface area (Å²) >= 11 is 0. The number of aliphatic hydroxyl groups is 1. The zero-order valence-electron chi connectivity index (χ0n) is 7.97. The summed E-state index contributed by atoms with van der Waals surface area (Å²) in [6.45, 7) is 3.59. The SMILES string of the molecule is CCCCCCC(O)=CC(C)=[O+]. The van der Waals surface area contributed by atoms with Crippen molar-refractivity contribution in [1.29, 1.82) is 0 Å². The number of hydrogen-bond donors (Lipinski definition) is 1. The molecule has 0 aromatic heterocycles. The first kappa shape index (κ1) is 11.2. The number of aliphatic hydroxyl groups excluding tert-OH is 1. The fraction of sp³-hybridized carbons (Fsp3) is 0.700. The molecule has 0 aromatic carbocycles. The molecule has 0 saturated carbocycles. The van der Waals surface area contributed by atoms with Gasteiger partial charge in [-0.1, -0.05) is 26.2 Å². The second-order valence-corrected chi connectivity index (χ2v) is 3.06. The topological polar surface area (TPSA) is 40.1 Å². The van der Waals surface area contributed by atoms with Crippen molar-refractivity contribution < 1.29 is 9.90 Å². The molecule has 2 heteroatoms. The molecule has 0 aliphatic rings. The molecule has 1 N–H and O–H groups in total. The molecule has 1 radical (unpaired) electrons. The van der Waals surface area contributed by atoms with Crippen LogP contribution in [0.2, 0.25) is 0 Å². The predicted molar refractivity (Wildman–Crippen MR) is 50.2 cm³/mol. The fourth-order valence-electron chi connectivity index (χ4n) is 1.04. The van der Waals surface area contributed by atoms with Crippen LogP contribution in [0, 0.1) is 0 Å². The third-order valence-corrected chi connectivity index (χ3v) is 1.66. The van der Waals surface area contributed by atoms with E-state index in [2.05, 4.69) is 6.92 Å². The van der Waals surface area contributed by atoms with Gasteiger partial charge in [0, 0.05) is 6.42 Å². The molecular weight excluding hydrogens is 152 g/mol. The Morgan fingerprint density at radius 3 is 2.50 bits per heavy atom. The van der Waals surface area contributed by atoms with E-state index in [1.807, 2.05) is 0 Å². The zero-order valence-corrected chi connectivity index (χ0v) is 7.97. The van der Waals surface area contributed by atoms with Gasteiger partial charge in [0.15, 0.2) is 0 Å². The Bertz CT molecular complexity index is 159. The van der Waals surface area contributed by atoms with Crippen molar-refractivity contribution in [1.82, 2.24) is 0 Å². The van der Waals surface area contributed by atoms with Crippen LogP contribution in [0.25, 0.3) is 0 Å². The molecule has 0 rings (SSSR count). The van der Waals surface area contributed by atoms with E-state index >= 15 is 0 Å². The van der Waals surface area contributed by atoms with Crippen molar-refractivity contribution in [3.63, 3.8) is 0 Å². The molecule has 0 saturated heterocycles. The Hall–Kier alpha value is -0.790. The summed E-state index contributed by atoms with van der Waals surface area (Å²) in [7, 11) is 0. The summed E-state index contributed by atoms with van der Waals surface area (Å²) in [5.41, 5.74) is 0. The van der Waals surface area contributed by atoms with Crippen LogP contribution >= 0.6 is 0 Å². The number of unbranched alkanes of at least 4 members (excludes halogenated alkanes) is 3. The lowest BCUT2D eigenvalue weighted by Crippen LogP contribution is -1.88. The van der Waals surface area contributed by atoms with Gasteiger partial charge in [-0.15, -0.1) is 0 Å². The van der Waals surface area contributed by atoms with Crippen molar-refractivity contribution in [3.05, 3.63) is 11.8 Å². The minimum Gasteiger partial charge on any atom is -0.512 e. The van der Waals surface area contributed by atoms with E-state index in [0.29, 0.717) is 6.42 Å². The van der Waals surface area contributed by atoms with Crippen molar-refractivity contribution in [2.75, 3.05) is 0 Å². The maximum atomic E-state index is 10.5. The van der Waals surface area contributed by atoms with Crippen molar-refractivity contribution in [3.8, 4) is 0 Å². The minimum absolute atomic E-state index is 0.0806. The molecule has 69 valence electrons. The average Bonchev–Trinajstić information content (AvgIpc) is 1.97. The van der Waals surface area contributed by atoms with E-state index in [-0.39, 0.29) is 11.5 Å². The summed E-state index contributed by atoms with van der Waals surface area (Å²) in [4.78, 5) is 10.5. The largest absolute Gasteiger partial charge is 0.512 e. The molecule has 0 aliphatic heterocycles. The van der Waals surface area contributed by atoms with E-state index in [0.717, 1.165) is 12.8 Å². The molecule has 0 amide bonds. The first-order valence-electron chi connectivity index (χ1n) is 4.57. The van der Waals surface area contributed by atoms with Gasteiger partial charge in [-0.25, -0.2) is 0 Å². The molecule has 0 unspecified atom stereocenters. The molecule has 0 atom stereocenters. The monoisotopic (exact) mass is 170 g/mol. The quantitative estimate of drug-likeness (QED) is 0.288. The standard InChI is InChI=1S/C10H18O2/c1-3-4-5-6-7-10(12)8-9(2)11/h8,12H,3-7H2,1-2H3/q+1. The summed E-state index contributed by atoms with van der Waals surface area (Å²) in [6, 6.07) is 0. The number of allylic oxidation sites excluding steroid dienone is 2. The van der Waals surface area contributed by atoms with Gasteiger partial charge in [-0.2, -0.15) is 0 Å². The van der Waals surface area contributed by atoms with Gasteiger partial charge in [0.25, 0.3) is 0 Å². The van der Waals surface area contributed by atoms with Crippen LogP contribution in [0.3, 0.4) is 0 Å². The van der Waals surface area contributed by atoms with Crippen molar-refractivity contribution in [2.45, 2.75) is 46.0 Å². The van der Waals surface area contributed by atoms with Gasteiger partial charge in [0.05, 0.1) is 13.0 Å². The normalized spacial score (nSPS) is 11.7. The molecule has 12 heavy (non-hydrogen) atoms. The van der Waals surface area contributed by atoms with E-state index in [4.69, 9.17) is 5.11 Å². The van der Waals surface area contributed by atoms with Crippen LogP contribution in [-0.4, -0.2) is 10.9 Å².